The smallest absolute Gasteiger partial charge is 0.0679 e. The number of aliphatic imine (C=N–C) groups is 1. The molecule has 1 saturated heterocycles. The van der Waals surface area contributed by atoms with Gasteiger partial charge in [0.25, 0.3) is 0 Å². The lowest BCUT2D eigenvalue weighted by atomic mass is 9.90. The summed E-state index contributed by atoms with van der Waals surface area (Å²) in [5, 5.41) is 3.50. The van der Waals surface area contributed by atoms with Gasteiger partial charge in [-0.25, -0.2) is 0 Å². The molecule has 0 aromatic carbocycles. The van der Waals surface area contributed by atoms with Crippen LogP contribution < -0.4 is 5.32 Å². The summed E-state index contributed by atoms with van der Waals surface area (Å²) in [4.78, 5) is 4.47. The summed E-state index contributed by atoms with van der Waals surface area (Å²) >= 11 is 0. The van der Waals surface area contributed by atoms with Crippen LogP contribution in [0.15, 0.2) is 52.3 Å². The molecule has 0 bridgehead atoms. The van der Waals surface area contributed by atoms with Crippen molar-refractivity contribution >= 4 is 6.21 Å². The third kappa shape index (κ3) is 1.46. The van der Waals surface area contributed by atoms with Crippen LogP contribution in [0.4, 0.5) is 0 Å². The maximum Gasteiger partial charge on any atom is 0.0679 e. The average molecular weight is 198 g/mol. The van der Waals surface area contributed by atoms with E-state index < -0.39 is 0 Å². The van der Waals surface area contributed by atoms with Gasteiger partial charge in [0.05, 0.1) is 5.70 Å². The van der Waals surface area contributed by atoms with E-state index in [1.54, 1.807) is 0 Å². The van der Waals surface area contributed by atoms with Crippen LogP contribution in [0.2, 0.25) is 0 Å². The lowest BCUT2D eigenvalue weighted by Gasteiger charge is -2.20. The SMILES string of the molecule is C1=NC2=CCC3CCNC3=C2/C=C\C=C/1. The Balaban J connectivity index is 2.10. The Hall–Kier alpha value is -1.57. The number of nitrogens with one attached hydrogen (secondary N) is 1. The van der Waals surface area contributed by atoms with Crippen molar-refractivity contribution in [2.24, 2.45) is 10.9 Å². The zero-order valence-electron chi connectivity index (χ0n) is 8.61. The number of nitrogens with zero attached hydrogens (tertiary/aromatic N) is 1. The van der Waals surface area contributed by atoms with Crippen LogP contribution in [0.3, 0.4) is 0 Å². The molecule has 3 rings (SSSR count). The molecule has 3 aliphatic rings. The Labute approximate surface area is 89.8 Å². The molecule has 2 aliphatic heterocycles. The summed E-state index contributed by atoms with van der Waals surface area (Å²) in [6.45, 7) is 1.11. The van der Waals surface area contributed by atoms with Crippen molar-refractivity contribution in [1.82, 2.24) is 5.32 Å². The molecule has 0 aromatic rings. The maximum absolute atomic E-state index is 4.47. The van der Waals surface area contributed by atoms with Crippen molar-refractivity contribution < 1.29 is 0 Å². The fourth-order valence-electron chi connectivity index (χ4n) is 2.41. The molecule has 0 spiro atoms. The molecule has 76 valence electrons. The van der Waals surface area contributed by atoms with Gasteiger partial charge in [-0.1, -0.05) is 24.3 Å². The first-order valence-electron chi connectivity index (χ1n) is 5.51. The van der Waals surface area contributed by atoms with Crippen LogP contribution in [0, 0.1) is 5.92 Å². The van der Waals surface area contributed by atoms with Gasteiger partial charge in [-0.05, 0) is 18.9 Å². The predicted octanol–water partition coefficient (Wildman–Crippen LogP) is 2.33. The molecule has 1 N–H and O–H groups in total. The van der Waals surface area contributed by atoms with E-state index in [1.165, 1.54) is 17.7 Å². The van der Waals surface area contributed by atoms with Gasteiger partial charge in [-0.3, -0.25) is 4.99 Å². The highest BCUT2D eigenvalue weighted by Crippen LogP contribution is 2.35. The summed E-state index contributed by atoms with van der Waals surface area (Å²) in [5.41, 5.74) is 3.80. The first-order valence-corrected chi connectivity index (χ1v) is 5.51. The molecular formula is C13H14N2. The number of allylic oxidation sites excluding steroid dienone is 6. The van der Waals surface area contributed by atoms with Crippen molar-refractivity contribution in [2.75, 3.05) is 6.54 Å². The highest BCUT2D eigenvalue weighted by atomic mass is 14.9. The Morgan fingerprint density at radius 2 is 2.27 bits per heavy atom. The van der Waals surface area contributed by atoms with E-state index in [2.05, 4.69) is 28.5 Å². The molecule has 2 heterocycles. The van der Waals surface area contributed by atoms with Crippen molar-refractivity contribution in [2.45, 2.75) is 12.8 Å². The van der Waals surface area contributed by atoms with Crippen molar-refractivity contribution in [1.29, 1.82) is 0 Å². The van der Waals surface area contributed by atoms with Crippen LogP contribution >= 0.6 is 0 Å². The largest absolute Gasteiger partial charge is 0.388 e. The normalized spacial score (nSPS) is 32.0. The molecule has 0 aromatic heterocycles. The highest BCUT2D eigenvalue weighted by molar-refractivity contribution is 5.74. The van der Waals surface area contributed by atoms with Crippen LogP contribution in [-0.4, -0.2) is 12.8 Å². The standard InChI is InChI=1S/C13H14N2/c1-2-4-11-12(14-8-3-1)6-5-10-7-9-15-13(10)11/h1-4,6,8,10,15H,5,7,9H2/b3-1-,4-2-,14-8?. The van der Waals surface area contributed by atoms with Crippen LogP contribution in [0.5, 0.6) is 0 Å². The molecule has 0 saturated carbocycles. The first-order chi connectivity index (χ1) is 7.45. The minimum atomic E-state index is 0.701. The van der Waals surface area contributed by atoms with E-state index in [0.29, 0.717) is 5.92 Å². The summed E-state index contributed by atoms with van der Waals surface area (Å²) < 4.78 is 0. The van der Waals surface area contributed by atoms with Gasteiger partial charge in [-0.2, -0.15) is 0 Å². The fraction of sp³-hybridized carbons (Fsp3) is 0.308. The molecular weight excluding hydrogens is 184 g/mol. The van der Waals surface area contributed by atoms with E-state index in [0.717, 1.165) is 18.7 Å². The number of rotatable bonds is 0. The molecule has 1 fully saturated rings. The third-order valence-electron chi connectivity index (χ3n) is 3.16. The van der Waals surface area contributed by atoms with Crippen LogP contribution in [0.1, 0.15) is 12.8 Å². The monoisotopic (exact) mass is 198 g/mol. The first kappa shape index (κ1) is 8.72. The van der Waals surface area contributed by atoms with E-state index in [4.69, 9.17) is 0 Å². The Bertz CT molecular complexity index is 422. The summed E-state index contributed by atoms with van der Waals surface area (Å²) in [7, 11) is 0. The predicted molar refractivity (Wildman–Crippen MR) is 62.6 cm³/mol. The average Bonchev–Trinajstić information content (AvgIpc) is 2.65. The molecule has 15 heavy (non-hydrogen) atoms. The van der Waals surface area contributed by atoms with E-state index >= 15 is 0 Å². The van der Waals surface area contributed by atoms with Gasteiger partial charge in [0, 0.05) is 29.9 Å². The minimum absolute atomic E-state index is 0.701. The van der Waals surface area contributed by atoms with Gasteiger partial charge >= 0.3 is 0 Å². The second-order valence-corrected chi connectivity index (χ2v) is 4.09. The molecule has 1 aliphatic carbocycles. The van der Waals surface area contributed by atoms with Crippen molar-refractivity contribution in [3.63, 3.8) is 0 Å². The third-order valence-corrected chi connectivity index (χ3v) is 3.16. The summed E-state index contributed by atoms with van der Waals surface area (Å²) in [6, 6.07) is 0. The molecule has 0 amide bonds. The molecule has 0 radical (unpaired) electrons. The Morgan fingerprint density at radius 1 is 1.27 bits per heavy atom. The molecule has 2 nitrogen and oxygen atoms in total. The van der Waals surface area contributed by atoms with Gasteiger partial charge in [0.1, 0.15) is 0 Å². The Kier molecular flexibility index (Phi) is 2.05. The van der Waals surface area contributed by atoms with E-state index in [-0.39, 0.29) is 0 Å². The minimum Gasteiger partial charge on any atom is -0.388 e. The second kappa shape index (κ2) is 3.54. The van der Waals surface area contributed by atoms with Gasteiger partial charge in [0.15, 0.2) is 0 Å². The Morgan fingerprint density at radius 3 is 3.27 bits per heavy atom. The second-order valence-electron chi connectivity index (χ2n) is 4.09. The quantitative estimate of drug-likeness (QED) is 0.634. The lowest BCUT2D eigenvalue weighted by molar-refractivity contribution is 0.637. The van der Waals surface area contributed by atoms with Crippen molar-refractivity contribution in [3.8, 4) is 0 Å². The molecule has 1 atom stereocenters. The van der Waals surface area contributed by atoms with Crippen molar-refractivity contribution in [3.05, 3.63) is 47.3 Å². The number of fused-ring (bicyclic) bond motifs is 2. The van der Waals surface area contributed by atoms with Crippen LogP contribution in [-0.2, 0) is 0 Å². The molecule has 2 heteroatoms. The summed E-state index contributed by atoms with van der Waals surface area (Å²) in [6.07, 6.45) is 14.8. The van der Waals surface area contributed by atoms with Gasteiger partial charge < -0.3 is 5.32 Å². The molecule has 1 unspecified atom stereocenters. The number of hydrogen-bond acceptors (Lipinski definition) is 2. The van der Waals surface area contributed by atoms with Crippen LogP contribution in [0.25, 0.3) is 0 Å². The highest BCUT2D eigenvalue weighted by Gasteiger charge is 2.26. The van der Waals surface area contributed by atoms with Gasteiger partial charge in [-0.15, -0.1) is 0 Å². The summed E-state index contributed by atoms with van der Waals surface area (Å²) in [5.74, 6) is 0.701. The maximum atomic E-state index is 4.47. The van der Waals surface area contributed by atoms with Gasteiger partial charge in [0.2, 0.25) is 0 Å². The topological polar surface area (TPSA) is 24.4 Å². The lowest BCUT2D eigenvalue weighted by Crippen LogP contribution is -2.14. The zero-order chi connectivity index (χ0) is 10.1. The van der Waals surface area contributed by atoms with E-state index in [1.807, 2.05) is 18.4 Å². The zero-order valence-corrected chi connectivity index (χ0v) is 8.61. The number of hydrogen-bond donors (Lipinski definition) is 1. The fourth-order valence-corrected chi connectivity index (χ4v) is 2.41. The van der Waals surface area contributed by atoms with E-state index in [9.17, 15) is 0 Å².